The first-order valence-corrected chi connectivity index (χ1v) is 8.85. The van der Waals surface area contributed by atoms with Gasteiger partial charge in [-0.15, -0.1) is 0 Å². The lowest BCUT2D eigenvalue weighted by Crippen LogP contribution is -2.64. The Labute approximate surface area is 148 Å². The first-order chi connectivity index (χ1) is 12.2. The van der Waals surface area contributed by atoms with Gasteiger partial charge in [0.25, 0.3) is 0 Å². The molecule has 3 heterocycles. The minimum atomic E-state index is 0.0263. The van der Waals surface area contributed by atoms with E-state index < -0.39 is 0 Å². The largest absolute Gasteiger partial charge is 0.309 e. The van der Waals surface area contributed by atoms with Gasteiger partial charge in [-0.2, -0.15) is 0 Å². The molecule has 2 saturated heterocycles. The van der Waals surface area contributed by atoms with E-state index in [1.165, 1.54) is 0 Å². The summed E-state index contributed by atoms with van der Waals surface area (Å²) in [4.78, 5) is 23.7. The highest BCUT2D eigenvalue weighted by molar-refractivity contribution is 5.96. The number of anilines is 1. The molecular weight excluding hydrogens is 312 g/mol. The summed E-state index contributed by atoms with van der Waals surface area (Å²) in [5.74, 6) is 0.183. The number of pyridine rings is 1. The third-order valence-electron chi connectivity index (χ3n) is 5.53. The molecular formula is C20H24N4O. The summed E-state index contributed by atoms with van der Waals surface area (Å²) < 4.78 is 0. The normalized spacial score (nSPS) is 25.0. The molecule has 2 aromatic rings. The molecule has 0 bridgehead atoms. The fraction of sp³-hybridized carbons (Fsp3) is 0.400. The summed E-state index contributed by atoms with van der Waals surface area (Å²) in [6.45, 7) is 4.11. The molecule has 25 heavy (non-hydrogen) atoms. The van der Waals surface area contributed by atoms with Gasteiger partial charge in [-0.1, -0.05) is 24.3 Å². The van der Waals surface area contributed by atoms with Crippen LogP contribution in [0.2, 0.25) is 0 Å². The highest BCUT2D eigenvalue weighted by Crippen LogP contribution is 2.33. The number of likely N-dealkylation sites (N-methyl/N-ethyl adjacent to an activating group) is 1. The molecule has 1 atom stereocenters. The van der Waals surface area contributed by atoms with E-state index in [9.17, 15) is 4.79 Å². The summed E-state index contributed by atoms with van der Waals surface area (Å²) in [5, 5.41) is 0. The van der Waals surface area contributed by atoms with Gasteiger partial charge in [0.2, 0.25) is 5.91 Å². The first kappa shape index (κ1) is 16.2. The van der Waals surface area contributed by atoms with Crippen molar-refractivity contribution < 1.29 is 4.79 Å². The summed E-state index contributed by atoms with van der Waals surface area (Å²) in [6, 6.07) is 16.1. The van der Waals surface area contributed by atoms with Gasteiger partial charge in [-0.3, -0.25) is 19.6 Å². The van der Waals surface area contributed by atoms with E-state index in [1.807, 2.05) is 53.6 Å². The molecule has 5 nitrogen and oxygen atoms in total. The van der Waals surface area contributed by atoms with E-state index in [0.717, 1.165) is 44.0 Å². The van der Waals surface area contributed by atoms with Crippen molar-refractivity contribution in [1.82, 2.24) is 14.8 Å². The van der Waals surface area contributed by atoms with Gasteiger partial charge < -0.3 is 4.90 Å². The van der Waals surface area contributed by atoms with Gasteiger partial charge in [0.15, 0.2) is 0 Å². The number of rotatable bonds is 3. The van der Waals surface area contributed by atoms with Crippen LogP contribution >= 0.6 is 0 Å². The number of carbonyl (C=O) groups excluding carboxylic acids is 1. The van der Waals surface area contributed by atoms with Crippen LogP contribution in [0.5, 0.6) is 0 Å². The smallest absolute Gasteiger partial charge is 0.241 e. The summed E-state index contributed by atoms with van der Waals surface area (Å²) in [5.41, 5.74) is 2.13. The van der Waals surface area contributed by atoms with Gasteiger partial charge in [-0.05, 0) is 37.7 Å². The van der Waals surface area contributed by atoms with E-state index in [-0.39, 0.29) is 11.4 Å². The standard InChI is InChI=1S/C20H24N4O/c1-22-14-19(25)24(18-8-3-2-4-9-18)16-20(22)10-12-23(15-20)13-17-7-5-6-11-21-17/h2-9,11H,10,12-16H2,1H3/t20-/m1/s1. The SMILES string of the molecule is CN1CC(=O)N(c2ccccc2)C[C@]12CCN(Cc1ccccn1)C2. The third kappa shape index (κ3) is 3.17. The Balaban J connectivity index is 1.51. The van der Waals surface area contributed by atoms with Gasteiger partial charge in [0, 0.05) is 38.1 Å². The van der Waals surface area contributed by atoms with Crippen LogP contribution in [-0.4, -0.2) is 59.5 Å². The second-order valence-corrected chi connectivity index (χ2v) is 7.18. The highest BCUT2D eigenvalue weighted by Gasteiger charge is 2.47. The van der Waals surface area contributed by atoms with Crippen molar-refractivity contribution >= 4 is 11.6 Å². The maximum Gasteiger partial charge on any atom is 0.241 e. The number of para-hydroxylation sites is 1. The molecule has 130 valence electrons. The second kappa shape index (κ2) is 6.58. The van der Waals surface area contributed by atoms with Crippen molar-refractivity contribution in [3.8, 4) is 0 Å². The van der Waals surface area contributed by atoms with E-state index in [1.54, 1.807) is 0 Å². The molecule has 1 aromatic heterocycles. The zero-order valence-corrected chi connectivity index (χ0v) is 14.6. The maximum atomic E-state index is 12.6. The molecule has 0 unspecified atom stereocenters. The summed E-state index contributed by atoms with van der Waals surface area (Å²) >= 11 is 0. The van der Waals surface area contributed by atoms with Crippen molar-refractivity contribution in [3.05, 3.63) is 60.4 Å². The van der Waals surface area contributed by atoms with Gasteiger partial charge in [-0.25, -0.2) is 0 Å². The van der Waals surface area contributed by atoms with Crippen LogP contribution in [0.4, 0.5) is 5.69 Å². The van der Waals surface area contributed by atoms with Crippen LogP contribution in [0.15, 0.2) is 54.7 Å². The summed E-state index contributed by atoms with van der Waals surface area (Å²) in [6.07, 6.45) is 2.93. The Hall–Kier alpha value is -2.24. The Morgan fingerprint density at radius 3 is 2.64 bits per heavy atom. The first-order valence-electron chi connectivity index (χ1n) is 8.85. The Bertz CT molecular complexity index is 736. The number of nitrogens with zero attached hydrogens (tertiary/aromatic N) is 4. The lowest BCUT2D eigenvalue weighted by atomic mass is 9.92. The summed E-state index contributed by atoms with van der Waals surface area (Å²) in [7, 11) is 2.09. The lowest BCUT2D eigenvalue weighted by molar-refractivity contribution is -0.123. The molecule has 1 amide bonds. The van der Waals surface area contributed by atoms with Crippen molar-refractivity contribution in [3.63, 3.8) is 0 Å². The predicted octanol–water partition coefficient (Wildman–Crippen LogP) is 2.00. The second-order valence-electron chi connectivity index (χ2n) is 7.18. The third-order valence-corrected chi connectivity index (χ3v) is 5.53. The molecule has 2 aliphatic rings. The molecule has 0 aliphatic carbocycles. The molecule has 1 spiro atoms. The van der Waals surface area contributed by atoms with Crippen LogP contribution < -0.4 is 4.90 Å². The van der Waals surface area contributed by atoms with Crippen molar-refractivity contribution in [2.24, 2.45) is 0 Å². The minimum absolute atomic E-state index is 0.0263. The average molecular weight is 336 g/mol. The molecule has 1 aromatic carbocycles. The van der Waals surface area contributed by atoms with Crippen molar-refractivity contribution in [2.75, 3.05) is 38.1 Å². The average Bonchev–Trinajstić information content (AvgIpc) is 3.04. The number of benzene rings is 1. The lowest BCUT2D eigenvalue weighted by Gasteiger charge is -2.47. The quantitative estimate of drug-likeness (QED) is 0.860. The van der Waals surface area contributed by atoms with Crippen molar-refractivity contribution in [2.45, 2.75) is 18.5 Å². The number of hydrogen-bond donors (Lipinski definition) is 0. The van der Waals surface area contributed by atoms with Gasteiger partial charge in [0.1, 0.15) is 0 Å². The zero-order chi connectivity index (χ0) is 17.3. The Kier molecular flexibility index (Phi) is 4.27. The van der Waals surface area contributed by atoms with Crippen LogP contribution in [0.25, 0.3) is 0 Å². The fourth-order valence-corrected chi connectivity index (χ4v) is 4.04. The molecule has 2 aliphatic heterocycles. The molecule has 0 N–H and O–H groups in total. The van der Waals surface area contributed by atoms with Crippen LogP contribution in [0, 0.1) is 0 Å². The van der Waals surface area contributed by atoms with E-state index in [4.69, 9.17) is 0 Å². The number of amides is 1. The topological polar surface area (TPSA) is 39.7 Å². The number of aromatic nitrogens is 1. The number of piperazine rings is 1. The molecule has 2 fully saturated rings. The number of carbonyl (C=O) groups is 1. The zero-order valence-electron chi connectivity index (χ0n) is 14.6. The van der Waals surface area contributed by atoms with E-state index in [0.29, 0.717) is 6.54 Å². The fourth-order valence-electron chi connectivity index (χ4n) is 4.04. The van der Waals surface area contributed by atoms with Crippen LogP contribution in [0.1, 0.15) is 12.1 Å². The number of hydrogen-bond acceptors (Lipinski definition) is 4. The maximum absolute atomic E-state index is 12.6. The minimum Gasteiger partial charge on any atom is -0.309 e. The molecule has 0 radical (unpaired) electrons. The highest BCUT2D eigenvalue weighted by atomic mass is 16.2. The Morgan fingerprint density at radius 2 is 1.88 bits per heavy atom. The van der Waals surface area contributed by atoms with E-state index in [2.05, 4.69) is 27.9 Å². The molecule has 0 saturated carbocycles. The predicted molar refractivity (Wildman–Crippen MR) is 98.3 cm³/mol. The van der Waals surface area contributed by atoms with Gasteiger partial charge >= 0.3 is 0 Å². The number of likely N-dealkylation sites (tertiary alicyclic amines) is 1. The van der Waals surface area contributed by atoms with E-state index >= 15 is 0 Å². The Morgan fingerprint density at radius 1 is 1.08 bits per heavy atom. The molecule has 4 rings (SSSR count). The van der Waals surface area contributed by atoms with Crippen molar-refractivity contribution in [1.29, 1.82) is 0 Å². The monoisotopic (exact) mass is 336 g/mol. The van der Waals surface area contributed by atoms with Crippen LogP contribution in [0.3, 0.4) is 0 Å². The van der Waals surface area contributed by atoms with Crippen LogP contribution in [-0.2, 0) is 11.3 Å². The van der Waals surface area contributed by atoms with Gasteiger partial charge in [0.05, 0.1) is 17.8 Å². The molecule has 5 heteroatoms.